The maximum Gasteiger partial charge on any atom is 0.229 e. The molecule has 1 aliphatic carbocycles. The van der Waals surface area contributed by atoms with Crippen molar-refractivity contribution in [1.82, 2.24) is 15.1 Å². The number of aryl methyl sites for hydroxylation is 2. The summed E-state index contributed by atoms with van der Waals surface area (Å²) in [5.41, 5.74) is 3.77. The average Bonchev–Trinajstić information content (AvgIpc) is 3.26. The molecule has 2 heterocycles. The highest BCUT2D eigenvalue weighted by molar-refractivity contribution is 5.92. The monoisotopic (exact) mass is 324 g/mol. The molecule has 2 aliphatic rings. The Balaban J connectivity index is 1.64. The Hall–Kier alpha value is -2.14. The van der Waals surface area contributed by atoms with Crippen molar-refractivity contribution >= 4 is 11.7 Å². The molecule has 0 spiro atoms. The van der Waals surface area contributed by atoms with Crippen LogP contribution in [0.4, 0.5) is 5.82 Å². The standard InChI is InChI=1S/C19H24N4O/c1-13-11-21-23(18(13)22-19(24)15-9-10-20-12-15)17-8-4-6-14-5-2-3-7-16(14)17/h2-3,5,7,11,15,17,20H,4,6,8-10,12H2,1H3,(H,22,24). The first kappa shape index (κ1) is 15.4. The summed E-state index contributed by atoms with van der Waals surface area (Å²) in [6, 6.07) is 8.81. The van der Waals surface area contributed by atoms with Gasteiger partial charge in [0.1, 0.15) is 5.82 Å². The number of carbonyl (C=O) groups excluding carboxylic acids is 1. The number of aromatic nitrogens is 2. The maximum absolute atomic E-state index is 12.6. The summed E-state index contributed by atoms with van der Waals surface area (Å²) in [5, 5.41) is 11.0. The lowest BCUT2D eigenvalue weighted by Gasteiger charge is -2.27. The highest BCUT2D eigenvalue weighted by Crippen LogP contribution is 2.35. The van der Waals surface area contributed by atoms with Crippen LogP contribution in [0.15, 0.2) is 30.5 Å². The van der Waals surface area contributed by atoms with Gasteiger partial charge >= 0.3 is 0 Å². The van der Waals surface area contributed by atoms with Crippen LogP contribution >= 0.6 is 0 Å². The van der Waals surface area contributed by atoms with E-state index in [2.05, 4.69) is 40.0 Å². The number of nitrogens with one attached hydrogen (secondary N) is 2. The van der Waals surface area contributed by atoms with Crippen LogP contribution in [0.3, 0.4) is 0 Å². The van der Waals surface area contributed by atoms with E-state index in [0.29, 0.717) is 0 Å². The van der Waals surface area contributed by atoms with Gasteiger partial charge < -0.3 is 10.6 Å². The van der Waals surface area contributed by atoms with Crippen molar-refractivity contribution in [3.05, 3.63) is 47.2 Å². The van der Waals surface area contributed by atoms with Crippen molar-refractivity contribution in [2.75, 3.05) is 18.4 Å². The van der Waals surface area contributed by atoms with Gasteiger partial charge in [-0.05, 0) is 50.3 Å². The van der Waals surface area contributed by atoms with Crippen LogP contribution in [0.25, 0.3) is 0 Å². The van der Waals surface area contributed by atoms with Gasteiger partial charge in [0.2, 0.25) is 5.91 Å². The molecule has 1 aromatic heterocycles. The summed E-state index contributed by atoms with van der Waals surface area (Å²) in [6.07, 6.45) is 6.11. The molecule has 1 saturated heterocycles. The molecule has 5 heteroatoms. The number of hydrogen-bond acceptors (Lipinski definition) is 3. The first-order chi connectivity index (χ1) is 11.7. The lowest BCUT2D eigenvalue weighted by Crippen LogP contribution is -2.28. The van der Waals surface area contributed by atoms with E-state index in [4.69, 9.17) is 0 Å². The van der Waals surface area contributed by atoms with Crippen molar-refractivity contribution in [2.24, 2.45) is 5.92 Å². The lowest BCUT2D eigenvalue weighted by atomic mass is 9.88. The Bertz CT molecular complexity index is 746. The van der Waals surface area contributed by atoms with Crippen LogP contribution in [0.2, 0.25) is 0 Å². The zero-order valence-corrected chi connectivity index (χ0v) is 14.1. The predicted molar refractivity (Wildman–Crippen MR) is 94.1 cm³/mol. The minimum Gasteiger partial charge on any atom is -0.316 e. The molecular formula is C19H24N4O. The quantitative estimate of drug-likeness (QED) is 0.912. The van der Waals surface area contributed by atoms with Crippen LogP contribution in [0.1, 0.15) is 42.0 Å². The Morgan fingerprint density at radius 2 is 2.21 bits per heavy atom. The van der Waals surface area contributed by atoms with Gasteiger partial charge in [-0.2, -0.15) is 5.10 Å². The fourth-order valence-corrected chi connectivity index (χ4v) is 3.92. The number of benzene rings is 1. The number of anilines is 1. The molecule has 1 amide bonds. The average molecular weight is 324 g/mol. The molecule has 0 saturated carbocycles. The fraction of sp³-hybridized carbons (Fsp3) is 0.474. The second-order valence-corrected chi connectivity index (χ2v) is 6.91. The third-order valence-corrected chi connectivity index (χ3v) is 5.28. The third kappa shape index (κ3) is 2.73. The van der Waals surface area contributed by atoms with Gasteiger partial charge in [-0.1, -0.05) is 24.3 Å². The summed E-state index contributed by atoms with van der Waals surface area (Å²) in [7, 11) is 0. The summed E-state index contributed by atoms with van der Waals surface area (Å²) in [6.45, 7) is 3.71. The van der Waals surface area contributed by atoms with Crippen molar-refractivity contribution in [3.63, 3.8) is 0 Å². The molecule has 1 fully saturated rings. The van der Waals surface area contributed by atoms with Crippen LogP contribution < -0.4 is 10.6 Å². The van der Waals surface area contributed by atoms with E-state index in [-0.39, 0.29) is 17.9 Å². The Morgan fingerprint density at radius 3 is 3.04 bits per heavy atom. The summed E-state index contributed by atoms with van der Waals surface area (Å²) in [5.74, 6) is 1.02. The highest BCUT2D eigenvalue weighted by atomic mass is 16.2. The number of carbonyl (C=O) groups is 1. The van der Waals surface area contributed by atoms with E-state index in [1.54, 1.807) is 0 Å². The molecular weight excluding hydrogens is 300 g/mol. The molecule has 0 radical (unpaired) electrons. The van der Waals surface area contributed by atoms with Gasteiger partial charge in [-0.3, -0.25) is 4.79 Å². The van der Waals surface area contributed by atoms with Crippen molar-refractivity contribution in [2.45, 2.75) is 38.6 Å². The van der Waals surface area contributed by atoms with E-state index in [1.807, 2.05) is 17.8 Å². The first-order valence-electron chi connectivity index (χ1n) is 8.87. The predicted octanol–water partition coefficient (Wildman–Crippen LogP) is 2.67. The van der Waals surface area contributed by atoms with Gasteiger partial charge in [0, 0.05) is 12.1 Å². The molecule has 5 nitrogen and oxygen atoms in total. The van der Waals surface area contributed by atoms with Crippen molar-refractivity contribution < 1.29 is 4.79 Å². The number of amides is 1. The molecule has 1 aromatic carbocycles. The largest absolute Gasteiger partial charge is 0.316 e. The van der Waals surface area contributed by atoms with Gasteiger partial charge in [0.25, 0.3) is 0 Å². The molecule has 1 aliphatic heterocycles. The number of rotatable bonds is 3. The zero-order valence-electron chi connectivity index (χ0n) is 14.1. The third-order valence-electron chi connectivity index (χ3n) is 5.28. The smallest absolute Gasteiger partial charge is 0.229 e. The van der Waals surface area contributed by atoms with Crippen LogP contribution in [-0.4, -0.2) is 28.8 Å². The lowest BCUT2D eigenvalue weighted by molar-refractivity contribution is -0.119. The first-order valence-corrected chi connectivity index (χ1v) is 8.87. The Kier molecular flexibility index (Phi) is 4.10. The van der Waals surface area contributed by atoms with E-state index < -0.39 is 0 Å². The number of nitrogens with zero attached hydrogens (tertiary/aromatic N) is 2. The van der Waals surface area contributed by atoms with Gasteiger partial charge in [0.05, 0.1) is 18.2 Å². The normalized spacial score (nSPS) is 23.0. The topological polar surface area (TPSA) is 59.0 Å². The van der Waals surface area contributed by atoms with E-state index in [0.717, 1.165) is 50.2 Å². The highest BCUT2D eigenvalue weighted by Gasteiger charge is 2.27. The van der Waals surface area contributed by atoms with Crippen LogP contribution in [-0.2, 0) is 11.2 Å². The van der Waals surface area contributed by atoms with Gasteiger partial charge in [-0.25, -0.2) is 4.68 Å². The molecule has 2 N–H and O–H groups in total. The van der Waals surface area contributed by atoms with Gasteiger partial charge in [-0.15, -0.1) is 0 Å². The molecule has 2 atom stereocenters. The van der Waals surface area contributed by atoms with E-state index in [9.17, 15) is 4.79 Å². The van der Waals surface area contributed by atoms with Crippen molar-refractivity contribution in [3.8, 4) is 0 Å². The maximum atomic E-state index is 12.6. The van der Waals surface area contributed by atoms with Crippen molar-refractivity contribution in [1.29, 1.82) is 0 Å². The molecule has 126 valence electrons. The summed E-state index contributed by atoms with van der Waals surface area (Å²) < 4.78 is 2.02. The van der Waals surface area contributed by atoms with E-state index in [1.165, 1.54) is 11.1 Å². The Morgan fingerprint density at radius 1 is 1.33 bits per heavy atom. The minimum atomic E-state index is 0.0615. The van der Waals surface area contributed by atoms with Gasteiger partial charge in [0.15, 0.2) is 0 Å². The summed E-state index contributed by atoms with van der Waals surface area (Å²) >= 11 is 0. The molecule has 24 heavy (non-hydrogen) atoms. The molecule has 2 unspecified atom stereocenters. The summed E-state index contributed by atoms with van der Waals surface area (Å²) in [4.78, 5) is 12.6. The Labute approximate surface area is 142 Å². The SMILES string of the molecule is Cc1cnn(C2CCCc3ccccc32)c1NC(=O)C1CCNC1. The molecule has 2 aromatic rings. The van der Waals surface area contributed by atoms with Crippen LogP contribution in [0, 0.1) is 12.8 Å². The second-order valence-electron chi connectivity index (χ2n) is 6.91. The zero-order chi connectivity index (χ0) is 16.5. The molecule has 4 rings (SSSR count). The van der Waals surface area contributed by atoms with E-state index >= 15 is 0 Å². The number of hydrogen-bond donors (Lipinski definition) is 2. The number of fused-ring (bicyclic) bond motifs is 1. The second kappa shape index (κ2) is 6.40. The van der Waals surface area contributed by atoms with Crippen LogP contribution in [0.5, 0.6) is 0 Å². The fourth-order valence-electron chi connectivity index (χ4n) is 3.92. The molecule has 0 bridgehead atoms. The minimum absolute atomic E-state index is 0.0615.